The highest BCUT2D eigenvalue weighted by atomic mass is 32.2. The van der Waals surface area contributed by atoms with Crippen LogP contribution in [0.15, 0.2) is 105 Å². The number of rotatable bonds is 8. The maximum atomic E-state index is 13.2. The first kappa shape index (κ1) is 31.5. The zero-order chi connectivity index (χ0) is 32.7. The Morgan fingerprint density at radius 3 is 2.07 bits per heavy atom. The van der Waals surface area contributed by atoms with Crippen molar-refractivity contribution in [3.05, 3.63) is 90.5 Å². The van der Waals surface area contributed by atoms with Gasteiger partial charge >= 0.3 is 0 Å². The Morgan fingerprint density at radius 1 is 0.756 bits per heavy atom. The molecule has 5 aromatic rings. The number of azo groups is 1. The molecule has 5 aromatic carbocycles. The van der Waals surface area contributed by atoms with Gasteiger partial charge < -0.3 is 10.4 Å². The molecule has 0 spiro atoms. The van der Waals surface area contributed by atoms with Crippen LogP contribution < -0.4 is 10.0 Å². The average Bonchev–Trinajstić information content (AvgIpc) is 2.94. The van der Waals surface area contributed by atoms with Crippen LogP contribution in [0.3, 0.4) is 0 Å². The maximum absolute atomic E-state index is 13.2. The molecule has 45 heavy (non-hydrogen) atoms. The second-order valence-electron chi connectivity index (χ2n) is 9.69. The molecular formula is C28H22N4O10S3. The fourth-order valence-corrected chi connectivity index (χ4v) is 6.26. The van der Waals surface area contributed by atoms with Crippen LogP contribution in [0.1, 0.15) is 10.4 Å². The van der Waals surface area contributed by atoms with E-state index in [1.165, 1.54) is 24.3 Å². The molecule has 5 N–H and O–H groups in total. The number of sulfonamides is 1. The Labute approximate surface area is 256 Å². The van der Waals surface area contributed by atoms with Crippen LogP contribution in [-0.2, 0) is 30.3 Å². The first-order valence-corrected chi connectivity index (χ1v) is 17.4. The molecule has 0 radical (unpaired) electrons. The Kier molecular flexibility index (Phi) is 8.06. The van der Waals surface area contributed by atoms with Gasteiger partial charge in [-0.1, -0.05) is 36.4 Å². The van der Waals surface area contributed by atoms with E-state index in [-0.39, 0.29) is 33.4 Å². The molecule has 232 valence electrons. The number of anilines is 2. The first-order chi connectivity index (χ1) is 21.0. The highest BCUT2D eigenvalue weighted by Crippen LogP contribution is 2.45. The maximum Gasteiger partial charge on any atom is 0.296 e. The minimum Gasteiger partial charge on any atom is -0.505 e. The molecule has 0 fully saturated rings. The van der Waals surface area contributed by atoms with Gasteiger partial charge in [-0.15, -0.1) is 10.2 Å². The van der Waals surface area contributed by atoms with E-state index in [0.717, 1.165) is 29.8 Å². The molecule has 0 unspecified atom stereocenters. The highest BCUT2D eigenvalue weighted by Gasteiger charge is 2.26. The van der Waals surface area contributed by atoms with Crippen molar-refractivity contribution in [1.82, 2.24) is 0 Å². The predicted octanol–water partition coefficient (Wildman–Crippen LogP) is 5.23. The number of nitrogens with zero attached hydrogens (tertiary/aromatic N) is 2. The van der Waals surface area contributed by atoms with Crippen molar-refractivity contribution in [3.8, 4) is 5.75 Å². The van der Waals surface area contributed by atoms with Gasteiger partial charge in [0.1, 0.15) is 10.6 Å². The van der Waals surface area contributed by atoms with E-state index in [0.29, 0.717) is 5.39 Å². The Hall–Kier alpha value is -4.94. The summed E-state index contributed by atoms with van der Waals surface area (Å²) in [7, 11) is -13.6. The smallest absolute Gasteiger partial charge is 0.296 e. The molecule has 0 aliphatic carbocycles. The topological polar surface area (TPSA) is 229 Å². The standard InChI is InChI=1S/C28H22N4O10S3/c1-43(35,36)32-19-11-9-17(10-12-19)28(34)29-23-15-20(44(37,38)39)13-18-14-24(45(40,41)42)26(27(33)25(18)23)31-30-22-8-4-6-16-5-2-3-7-21(16)22/h2-15,32-33H,1H3,(H,29,34)(H,37,38,39)(H,40,41,42). The zero-order valence-electron chi connectivity index (χ0n) is 22.9. The number of hydrogen-bond acceptors (Lipinski definition) is 10. The summed E-state index contributed by atoms with van der Waals surface area (Å²) in [6.07, 6.45) is 0.941. The normalized spacial score (nSPS) is 12.5. The summed E-state index contributed by atoms with van der Waals surface area (Å²) in [5, 5.41) is 22.6. The second kappa shape index (κ2) is 11.5. The Morgan fingerprint density at radius 2 is 1.42 bits per heavy atom. The summed E-state index contributed by atoms with van der Waals surface area (Å²) in [4.78, 5) is 11.4. The van der Waals surface area contributed by atoms with Gasteiger partial charge in [-0.25, -0.2) is 8.42 Å². The molecule has 5 rings (SSSR count). The number of hydrogen-bond donors (Lipinski definition) is 5. The molecule has 0 bridgehead atoms. The van der Waals surface area contributed by atoms with E-state index in [9.17, 15) is 44.3 Å². The van der Waals surface area contributed by atoms with Crippen molar-refractivity contribution in [3.63, 3.8) is 0 Å². The van der Waals surface area contributed by atoms with Crippen molar-refractivity contribution < 1.29 is 44.3 Å². The quantitative estimate of drug-likeness (QED) is 0.107. The number of benzene rings is 5. The van der Waals surface area contributed by atoms with E-state index in [4.69, 9.17) is 0 Å². The van der Waals surface area contributed by atoms with Crippen LogP contribution in [0.5, 0.6) is 5.75 Å². The predicted molar refractivity (Wildman–Crippen MR) is 166 cm³/mol. The lowest BCUT2D eigenvalue weighted by Crippen LogP contribution is -2.14. The number of phenols is 1. The monoisotopic (exact) mass is 670 g/mol. The fourth-order valence-electron chi connectivity index (χ4n) is 4.50. The average molecular weight is 671 g/mol. The molecule has 0 saturated carbocycles. The van der Waals surface area contributed by atoms with Crippen LogP contribution in [0, 0.1) is 0 Å². The zero-order valence-corrected chi connectivity index (χ0v) is 25.4. The van der Waals surface area contributed by atoms with Gasteiger partial charge in [0, 0.05) is 22.0 Å². The molecule has 0 heterocycles. The lowest BCUT2D eigenvalue weighted by molar-refractivity contribution is 0.102. The summed E-state index contributed by atoms with van der Waals surface area (Å²) in [6.45, 7) is 0. The molecular weight excluding hydrogens is 649 g/mol. The SMILES string of the molecule is CS(=O)(=O)Nc1ccc(C(=O)Nc2cc(S(=O)(=O)O)cc3cc(S(=O)(=O)O)c(N=Nc4cccc5ccccc45)c(O)c23)cc1. The summed E-state index contributed by atoms with van der Waals surface area (Å²) >= 11 is 0. The van der Waals surface area contributed by atoms with Gasteiger partial charge in [0.2, 0.25) is 10.0 Å². The third-order valence-corrected chi connectivity index (χ3v) is 8.73. The molecule has 0 aliphatic heterocycles. The Bertz CT molecular complexity index is 2370. The van der Waals surface area contributed by atoms with Gasteiger partial charge in [0.05, 0.1) is 22.5 Å². The van der Waals surface area contributed by atoms with E-state index in [1.54, 1.807) is 30.3 Å². The molecule has 0 atom stereocenters. The van der Waals surface area contributed by atoms with Gasteiger partial charge in [-0.2, -0.15) is 16.8 Å². The van der Waals surface area contributed by atoms with Crippen molar-refractivity contribution in [2.45, 2.75) is 9.79 Å². The van der Waals surface area contributed by atoms with E-state index in [1.807, 2.05) is 12.1 Å². The van der Waals surface area contributed by atoms with Crippen LogP contribution in [0.2, 0.25) is 0 Å². The number of phenolic OH excluding ortho intramolecular Hbond substituents is 1. The van der Waals surface area contributed by atoms with Crippen molar-refractivity contribution in [1.29, 1.82) is 0 Å². The second-order valence-corrected chi connectivity index (χ2v) is 14.3. The van der Waals surface area contributed by atoms with Gasteiger partial charge in [0.25, 0.3) is 26.1 Å². The first-order valence-electron chi connectivity index (χ1n) is 12.6. The van der Waals surface area contributed by atoms with E-state index >= 15 is 0 Å². The number of aromatic hydroxyl groups is 1. The molecule has 0 aromatic heterocycles. The number of carbonyl (C=O) groups excluding carboxylic acids is 1. The Balaban J connectivity index is 1.68. The van der Waals surface area contributed by atoms with Crippen LogP contribution in [0.4, 0.5) is 22.7 Å². The number of amides is 1. The third kappa shape index (κ3) is 6.92. The molecule has 0 aliphatic rings. The summed E-state index contributed by atoms with van der Waals surface area (Å²) in [5.74, 6) is -1.75. The number of nitrogens with one attached hydrogen (secondary N) is 2. The van der Waals surface area contributed by atoms with Gasteiger partial charge in [-0.3, -0.25) is 18.6 Å². The van der Waals surface area contributed by atoms with E-state index < -0.39 is 57.4 Å². The molecule has 17 heteroatoms. The van der Waals surface area contributed by atoms with Crippen LogP contribution in [-0.4, -0.2) is 51.6 Å². The summed E-state index contributed by atoms with van der Waals surface area (Å²) < 4.78 is 93.8. The number of carbonyl (C=O) groups is 1. The third-order valence-electron chi connectivity index (χ3n) is 6.42. The highest BCUT2D eigenvalue weighted by molar-refractivity contribution is 7.92. The van der Waals surface area contributed by atoms with Crippen LogP contribution >= 0.6 is 0 Å². The van der Waals surface area contributed by atoms with Crippen LogP contribution in [0.25, 0.3) is 21.5 Å². The van der Waals surface area contributed by atoms with Crippen molar-refractivity contribution in [2.24, 2.45) is 10.2 Å². The molecule has 14 nitrogen and oxygen atoms in total. The molecule has 0 saturated heterocycles. The largest absolute Gasteiger partial charge is 0.505 e. The molecule has 1 amide bonds. The minimum atomic E-state index is -5.10. The van der Waals surface area contributed by atoms with Crippen molar-refractivity contribution in [2.75, 3.05) is 16.3 Å². The lowest BCUT2D eigenvalue weighted by Gasteiger charge is -2.15. The minimum absolute atomic E-state index is 0.0237. The summed E-state index contributed by atoms with van der Waals surface area (Å²) in [6, 6.07) is 19.7. The van der Waals surface area contributed by atoms with E-state index in [2.05, 4.69) is 20.3 Å². The number of fused-ring (bicyclic) bond motifs is 2. The lowest BCUT2D eigenvalue weighted by atomic mass is 10.1. The summed E-state index contributed by atoms with van der Waals surface area (Å²) in [5.41, 5.74) is -0.680. The van der Waals surface area contributed by atoms with Gasteiger partial charge in [-0.05, 0) is 59.3 Å². The fraction of sp³-hybridized carbons (Fsp3) is 0.0357. The van der Waals surface area contributed by atoms with Gasteiger partial charge in [0.15, 0.2) is 5.75 Å². The van der Waals surface area contributed by atoms with Crippen molar-refractivity contribution >= 4 is 80.5 Å².